The molecule has 1 fully saturated rings. The molecule has 0 amide bonds. The van der Waals surface area contributed by atoms with E-state index in [-0.39, 0.29) is 11.6 Å². The zero-order valence-electron chi connectivity index (χ0n) is 14.5. The summed E-state index contributed by atoms with van der Waals surface area (Å²) in [6, 6.07) is 12.8. The van der Waals surface area contributed by atoms with Gasteiger partial charge in [0, 0.05) is 11.1 Å². The zero-order chi connectivity index (χ0) is 17.1. The molecule has 1 saturated carbocycles. The number of rotatable bonds is 4. The lowest BCUT2D eigenvalue weighted by Crippen LogP contribution is -2.12. The van der Waals surface area contributed by atoms with Crippen molar-refractivity contribution in [1.82, 2.24) is 0 Å². The molecule has 2 aromatic rings. The van der Waals surface area contributed by atoms with E-state index >= 15 is 0 Å². The fraction of sp³-hybridized carbons (Fsp3) is 0.409. The number of hydrogen-bond donors (Lipinski definition) is 0. The van der Waals surface area contributed by atoms with Crippen molar-refractivity contribution in [1.29, 1.82) is 0 Å². The summed E-state index contributed by atoms with van der Waals surface area (Å²) in [5.74, 6) is 1.21. The second-order valence-electron chi connectivity index (χ2n) is 7.00. The van der Waals surface area contributed by atoms with Gasteiger partial charge < -0.3 is 0 Å². The molecule has 0 atom stereocenters. The first-order valence-corrected chi connectivity index (χ1v) is 8.99. The molecule has 126 valence electrons. The highest BCUT2D eigenvalue weighted by Crippen LogP contribution is 2.38. The van der Waals surface area contributed by atoms with Gasteiger partial charge in [0.15, 0.2) is 5.78 Å². The lowest BCUT2D eigenvalue weighted by Gasteiger charge is -2.28. The highest BCUT2D eigenvalue weighted by molar-refractivity contribution is 5.94. The first-order valence-electron chi connectivity index (χ1n) is 8.99. The summed E-state index contributed by atoms with van der Waals surface area (Å²) in [6.07, 6.45) is 6.12. The Labute approximate surface area is 143 Å². The Morgan fingerprint density at radius 1 is 1.04 bits per heavy atom. The Balaban J connectivity index is 1.78. The van der Waals surface area contributed by atoms with Gasteiger partial charge in [-0.15, -0.1) is 0 Å². The molecule has 0 heterocycles. The number of Topliss-reactive ketones (excluding diaryl/α,β-unsaturated/α-hetero) is 1. The third-order valence-electron chi connectivity index (χ3n) is 5.49. The van der Waals surface area contributed by atoms with Crippen LogP contribution in [0.25, 0.3) is 11.1 Å². The van der Waals surface area contributed by atoms with Crippen LogP contribution in [0.4, 0.5) is 4.39 Å². The number of hydrogen-bond acceptors (Lipinski definition) is 1. The fourth-order valence-corrected chi connectivity index (χ4v) is 3.81. The van der Waals surface area contributed by atoms with Crippen LogP contribution in [-0.4, -0.2) is 5.78 Å². The summed E-state index contributed by atoms with van der Waals surface area (Å²) in [6.45, 7) is 3.80. The lowest BCUT2D eigenvalue weighted by atomic mass is 9.77. The summed E-state index contributed by atoms with van der Waals surface area (Å²) in [4.78, 5) is 11.4. The Morgan fingerprint density at radius 2 is 1.71 bits per heavy atom. The Hall–Kier alpha value is -1.96. The van der Waals surface area contributed by atoms with Crippen LogP contribution in [0, 0.1) is 11.7 Å². The SMILES string of the molecule is CC[C@H]1CC[C@H](c2ccc(-c3ccc(C(C)=O)cc3)c(F)c2)CC1. The molecule has 0 saturated heterocycles. The summed E-state index contributed by atoms with van der Waals surface area (Å²) in [7, 11) is 0. The minimum absolute atomic E-state index is 0.0278. The molecule has 2 aromatic carbocycles. The van der Waals surface area contributed by atoms with Gasteiger partial charge in [-0.05, 0) is 61.6 Å². The van der Waals surface area contributed by atoms with Crippen molar-refractivity contribution in [2.24, 2.45) is 5.92 Å². The molecule has 0 bridgehead atoms. The number of benzene rings is 2. The second-order valence-corrected chi connectivity index (χ2v) is 7.00. The van der Waals surface area contributed by atoms with Gasteiger partial charge in [-0.25, -0.2) is 4.39 Å². The van der Waals surface area contributed by atoms with E-state index in [1.807, 2.05) is 18.2 Å². The molecule has 24 heavy (non-hydrogen) atoms. The molecule has 1 aliphatic rings. The van der Waals surface area contributed by atoms with Crippen molar-refractivity contribution < 1.29 is 9.18 Å². The second kappa shape index (κ2) is 7.29. The monoisotopic (exact) mass is 324 g/mol. The molecule has 1 nitrogen and oxygen atoms in total. The maximum absolute atomic E-state index is 14.6. The standard InChI is InChI=1S/C22H25FO/c1-3-16-4-6-18(7-5-16)20-12-13-21(22(23)14-20)19-10-8-17(9-11-19)15(2)24/h8-14,16,18H,3-7H2,1-2H3/t16-,18-. The summed E-state index contributed by atoms with van der Waals surface area (Å²) in [5.41, 5.74) is 3.21. The minimum Gasteiger partial charge on any atom is -0.295 e. The number of halogens is 1. The average molecular weight is 324 g/mol. The number of carbonyl (C=O) groups excluding carboxylic acids is 1. The van der Waals surface area contributed by atoms with Crippen LogP contribution in [0.1, 0.15) is 67.8 Å². The number of carbonyl (C=O) groups is 1. The Kier molecular flexibility index (Phi) is 5.13. The third kappa shape index (κ3) is 3.58. The smallest absolute Gasteiger partial charge is 0.159 e. The summed E-state index contributed by atoms with van der Waals surface area (Å²) in [5, 5.41) is 0. The van der Waals surface area contributed by atoms with Crippen molar-refractivity contribution in [3.63, 3.8) is 0 Å². The van der Waals surface area contributed by atoms with E-state index in [9.17, 15) is 9.18 Å². The predicted octanol–water partition coefficient (Wildman–Crippen LogP) is 6.38. The number of ketones is 1. The molecule has 0 N–H and O–H groups in total. The van der Waals surface area contributed by atoms with Crippen molar-refractivity contribution in [3.8, 4) is 11.1 Å². The molecule has 2 heteroatoms. The van der Waals surface area contributed by atoms with E-state index in [1.54, 1.807) is 18.2 Å². The van der Waals surface area contributed by atoms with Crippen molar-refractivity contribution >= 4 is 5.78 Å². The van der Waals surface area contributed by atoms with Gasteiger partial charge in [-0.3, -0.25) is 4.79 Å². The van der Waals surface area contributed by atoms with E-state index in [1.165, 1.54) is 39.0 Å². The van der Waals surface area contributed by atoms with Gasteiger partial charge >= 0.3 is 0 Å². The van der Waals surface area contributed by atoms with Gasteiger partial charge in [0.2, 0.25) is 0 Å². The van der Waals surface area contributed by atoms with Crippen LogP contribution in [0.3, 0.4) is 0 Å². The van der Waals surface area contributed by atoms with Crippen molar-refractivity contribution in [2.75, 3.05) is 0 Å². The van der Waals surface area contributed by atoms with Gasteiger partial charge in [-0.1, -0.05) is 49.7 Å². The molecule has 0 radical (unpaired) electrons. The van der Waals surface area contributed by atoms with Gasteiger partial charge in [0.25, 0.3) is 0 Å². The minimum atomic E-state index is -0.166. The fourth-order valence-electron chi connectivity index (χ4n) is 3.81. The quantitative estimate of drug-likeness (QED) is 0.596. The molecule has 0 aromatic heterocycles. The molecule has 1 aliphatic carbocycles. The van der Waals surface area contributed by atoms with Crippen LogP contribution in [0.2, 0.25) is 0 Å². The maximum Gasteiger partial charge on any atom is 0.159 e. The highest BCUT2D eigenvalue weighted by atomic mass is 19.1. The highest BCUT2D eigenvalue weighted by Gasteiger charge is 2.22. The van der Waals surface area contributed by atoms with Crippen molar-refractivity contribution in [2.45, 2.75) is 51.9 Å². The van der Waals surface area contributed by atoms with Crippen LogP contribution < -0.4 is 0 Å². The third-order valence-corrected chi connectivity index (χ3v) is 5.49. The lowest BCUT2D eigenvalue weighted by molar-refractivity contribution is 0.101. The molecule has 3 rings (SSSR count). The van der Waals surface area contributed by atoms with Gasteiger partial charge in [0.05, 0.1) is 0 Å². The Bertz CT molecular complexity index is 709. The maximum atomic E-state index is 14.6. The molecular weight excluding hydrogens is 299 g/mol. The van der Waals surface area contributed by atoms with E-state index in [2.05, 4.69) is 13.0 Å². The molecule has 0 unspecified atom stereocenters. The van der Waals surface area contributed by atoms with Crippen LogP contribution in [0.15, 0.2) is 42.5 Å². The van der Waals surface area contributed by atoms with E-state index in [4.69, 9.17) is 0 Å². The van der Waals surface area contributed by atoms with Crippen molar-refractivity contribution in [3.05, 3.63) is 59.4 Å². The molecule has 0 aliphatic heterocycles. The van der Waals surface area contributed by atoms with E-state index in [0.29, 0.717) is 17.0 Å². The Morgan fingerprint density at radius 3 is 2.25 bits per heavy atom. The average Bonchev–Trinajstić information content (AvgIpc) is 2.62. The van der Waals surface area contributed by atoms with Crippen LogP contribution in [0.5, 0.6) is 0 Å². The first kappa shape index (κ1) is 16.9. The largest absolute Gasteiger partial charge is 0.295 e. The molecule has 0 spiro atoms. The van der Waals surface area contributed by atoms with Gasteiger partial charge in [-0.2, -0.15) is 0 Å². The molecular formula is C22H25FO. The zero-order valence-corrected chi connectivity index (χ0v) is 14.5. The first-order chi connectivity index (χ1) is 11.6. The van der Waals surface area contributed by atoms with Gasteiger partial charge in [0.1, 0.15) is 5.82 Å². The van der Waals surface area contributed by atoms with E-state index in [0.717, 1.165) is 17.0 Å². The normalized spacial score (nSPS) is 20.8. The van der Waals surface area contributed by atoms with Crippen LogP contribution in [-0.2, 0) is 0 Å². The van der Waals surface area contributed by atoms with Crippen LogP contribution >= 0.6 is 0 Å². The predicted molar refractivity (Wildman–Crippen MR) is 96.8 cm³/mol. The topological polar surface area (TPSA) is 17.1 Å². The summed E-state index contributed by atoms with van der Waals surface area (Å²) >= 11 is 0. The summed E-state index contributed by atoms with van der Waals surface area (Å²) < 4.78 is 14.6. The van der Waals surface area contributed by atoms with E-state index < -0.39 is 0 Å².